The summed E-state index contributed by atoms with van der Waals surface area (Å²) in [5.41, 5.74) is 0.607. The molecule has 0 atom stereocenters. The first-order chi connectivity index (χ1) is 6.00. The summed E-state index contributed by atoms with van der Waals surface area (Å²) >= 11 is 23.1. The molecule has 13 heavy (non-hydrogen) atoms. The molecule has 1 nitrogen and oxygen atoms in total. The van der Waals surface area contributed by atoms with Crippen LogP contribution < -0.4 is 0 Å². The Bertz CT molecular complexity index is 319. The van der Waals surface area contributed by atoms with Crippen molar-refractivity contribution in [2.24, 2.45) is 0 Å². The van der Waals surface area contributed by atoms with E-state index in [-0.39, 0.29) is 20.8 Å². The Balaban J connectivity index is 3.56. The Kier molecular flexibility index (Phi) is 3.58. The number of hydrogen-bond donors (Lipinski definition) is 1. The van der Waals surface area contributed by atoms with Gasteiger partial charge in [-0.1, -0.05) is 53.3 Å². The minimum atomic E-state index is -0.213. The normalized spacial score (nSPS) is 10.5. The molecule has 72 valence electrons. The average Bonchev–Trinajstić information content (AvgIpc) is 2.13. The maximum atomic E-state index is 9.42. The molecule has 0 saturated carbocycles. The van der Waals surface area contributed by atoms with Crippen LogP contribution in [0.1, 0.15) is 12.5 Å². The van der Waals surface area contributed by atoms with Crippen LogP contribution in [0.25, 0.3) is 0 Å². The second kappa shape index (κ2) is 4.14. The monoisotopic (exact) mass is 258 g/mol. The van der Waals surface area contributed by atoms with Gasteiger partial charge in [0.2, 0.25) is 0 Å². The van der Waals surface area contributed by atoms with Crippen molar-refractivity contribution in [2.45, 2.75) is 13.3 Å². The second-order valence-corrected chi connectivity index (χ2v) is 3.95. The van der Waals surface area contributed by atoms with Gasteiger partial charge in [0.1, 0.15) is 5.02 Å². The molecular formula is C8H6Cl4O. The number of rotatable bonds is 1. The molecule has 1 aromatic carbocycles. The van der Waals surface area contributed by atoms with E-state index in [0.29, 0.717) is 17.0 Å². The first kappa shape index (κ1) is 11.3. The van der Waals surface area contributed by atoms with Crippen molar-refractivity contribution in [3.05, 3.63) is 25.7 Å². The Morgan fingerprint density at radius 1 is 0.923 bits per heavy atom. The SMILES string of the molecule is CCc1c(Cl)c(O)c(Cl)c(Cl)c1Cl. The first-order valence-electron chi connectivity index (χ1n) is 3.54. The third-order valence-electron chi connectivity index (χ3n) is 1.68. The van der Waals surface area contributed by atoms with Crippen LogP contribution in [0.2, 0.25) is 20.1 Å². The largest absolute Gasteiger partial charge is 0.505 e. The van der Waals surface area contributed by atoms with Crippen LogP contribution >= 0.6 is 46.4 Å². The fourth-order valence-corrected chi connectivity index (χ4v) is 2.16. The molecule has 0 radical (unpaired) electrons. The van der Waals surface area contributed by atoms with Gasteiger partial charge in [-0.2, -0.15) is 0 Å². The van der Waals surface area contributed by atoms with Crippen LogP contribution in [0.4, 0.5) is 0 Å². The van der Waals surface area contributed by atoms with Crippen molar-refractivity contribution in [2.75, 3.05) is 0 Å². The quantitative estimate of drug-likeness (QED) is 0.579. The van der Waals surface area contributed by atoms with Gasteiger partial charge in [0.15, 0.2) is 5.75 Å². The summed E-state index contributed by atoms with van der Waals surface area (Å²) < 4.78 is 0. The summed E-state index contributed by atoms with van der Waals surface area (Å²) in [4.78, 5) is 0. The zero-order chi connectivity index (χ0) is 10.2. The molecule has 0 amide bonds. The first-order valence-corrected chi connectivity index (χ1v) is 5.05. The average molecular weight is 260 g/mol. The number of phenolic OH excluding ortho intramolecular Hbond substituents is 1. The summed E-state index contributed by atoms with van der Waals surface area (Å²) in [6.45, 7) is 1.86. The lowest BCUT2D eigenvalue weighted by Gasteiger charge is -2.10. The lowest BCUT2D eigenvalue weighted by atomic mass is 10.1. The second-order valence-electron chi connectivity index (χ2n) is 2.44. The molecule has 0 saturated heterocycles. The van der Waals surface area contributed by atoms with Gasteiger partial charge in [0.25, 0.3) is 0 Å². The van der Waals surface area contributed by atoms with E-state index in [4.69, 9.17) is 46.4 Å². The summed E-state index contributed by atoms with van der Waals surface area (Å²) in [6.07, 6.45) is 0.585. The molecule has 0 bridgehead atoms. The van der Waals surface area contributed by atoms with E-state index in [1.807, 2.05) is 6.92 Å². The third kappa shape index (κ3) is 1.84. The van der Waals surface area contributed by atoms with Gasteiger partial charge >= 0.3 is 0 Å². The molecule has 1 aromatic rings. The standard InChI is InChI=1S/C8H6Cl4O/c1-2-3-4(9)6(11)7(12)8(13)5(3)10/h13H,2H2,1H3. The third-order valence-corrected chi connectivity index (χ3v) is 3.45. The van der Waals surface area contributed by atoms with E-state index in [1.54, 1.807) is 0 Å². The molecule has 0 fully saturated rings. The molecule has 0 heterocycles. The molecule has 5 heteroatoms. The Hall–Kier alpha value is 0.180. The van der Waals surface area contributed by atoms with Gasteiger partial charge in [-0.3, -0.25) is 0 Å². The van der Waals surface area contributed by atoms with Gasteiger partial charge in [-0.05, 0) is 12.0 Å². The van der Waals surface area contributed by atoms with E-state index in [0.717, 1.165) is 0 Å². The van der Waals surface area contributed by atoms with Crippen LogP contribution in [0.3, 0.4) is 0 Å². The van der Waals surface area contributed by atoms with Crippen LogP contribution in [0.5, 0.6) is 5.75 Å². The molecule has 1 rings (SSSR count). The molecule has 0 unspecified atom stereocenters. The topological polar surface area (TPSA) is 20.2 Å². The predicted molar refractivity (Wildman–Crippen MR) is 57.5 cm³/mol. The van der Waals surface area contributed by atoms with Crippen molar-refractivity contribution < 1.29 is 5.11 Å². The Morgan fingerprint density at radius 3 is 1.92 bits per heavy atom. The van der Waals surface area contributed by atoms with Crippen molar-refractivity contribution in [3.63, 3.8) is 0 Å². The Labute approximate surface area is 96.2 Å². The van der Waals surface area contributed by atoms with Gasteiger partial charge in [-0.25, -0.2) is 0 Å². The fourth-order valence-electron chi connectivity index (χ4n) is 0.979. The Morgan fingerprint density at radius 2 is 1.46 bits per heavy atom. The van der Waals surface area contributed by atoms with E-state index < -0.39 is 0 Å². The van der Waals surface area contributed by atoms with Crippen LogP contribution in [0.15, 0.2) is 0 Å². The molecule has 0 aromatic heterocycles. The zero-order valence-corrected chi connectivity index (χ0v) is 9.69. The lowest BCUT2D eigenvalue weighted by Crippen LogP contribution is -1.87. The van der Waals surface area contributed by atoms with Gasteiger partial charge in [0.05, 0.1) is 15.1 Å². The fraction of sp³-hybridized carbons (Fsp3) is 0.250. The van der Waals surface area contributed by atoms with Crippen LogP contribution in [-0.2, 0) is 6.42 Å². The van der Waals surface area contributed by atoms with Crippen molar-refractivity contribution in [1.29, 1.82) is 0 Å². The molecule has 1 N–H and O–H groups in total. The molecular weight excluding hydrogens is 254 g/mol. The highest BCUT2D eigenvalue weighted by molar-refractivity contribution is 6.50. The van der Waals surface area contributed by atoms with Crippen LogP contribution in [0, 0.1) is 0 Å². The highest BCUT2D eigenvalue weighted by atomic mass is 35.5. The maximum absolute atomic E-state index is 9.42. The van der Waals surface area contributed by atoms with Crippen molar-refractivity contribution in [3.8, 4) is 5.75 Å². The molecule has 0 aliphatic rings. The van der Waals surface area contributed by atoms with E-state index in [1.165, 1.54) is 0 Å². The minimum Gasteiger partial charge on any atom is -0.505 e. The molecule has 0 aliphatic carbocycles. The summed E-state index contributed by atoms with van der Waals surface area (Å²) in [6, 6.07) is 0. The maximum Gasteiger partial charge on any atom is 0.154 e. The smallest absolute Gasteiger partial charge is 0.154 e. The van der Waals surface area contributed by atoms with Gasteiger partial charge in [-0.15, -0.1) is 0 Å². The molecule has 0 aliphatic heterocycles. The van der Waals surface area contributed by atoms with E-state index >= 15 is 0 Å². The van der Waals surface area contributed by atoms with Gasteiger partial charge < -0.3 is 5.11 Å². The van der Waals surface area contributed by atoms with Crippen molar-refractivity contribution in [1.82, 2.24) is 0 Å². The number of phenols is 1. The predicted octanol–water partition coefficient (Wildman–Crippen LogP) is 4.57. The minimum absolute atomic E-state index is 0.00568. The highest BCUT2D eigenvalue weighted by Gasteiger charge is 2.18. The van der Waals surface area contributed by atoms with Gasteiger partial charge in [0, 0.05) is 0 Å². The van der Waals surface area contributed by atoms with Crippen LogP contribution in [-0.4, -0.2) is 5.11 Å². The number of hydrogen-bond acceptors (Lipinski definition) is 1. The lowest BCUT2D eigenvalue weighted by molar-refractivity contribution is 0.475. The summed E-state index contributed by atoms with van der Waals surface area (Å²) in [5, 5.41) is 10.0. The number of aromatic hydroxyl groups is 1. The number of benzene rings is 1. The van der Waals surface area contributed by atoms with E-state index in [2.05, 4.69) is 0 Å². The summed E-state index contributed by atoms with van der Waals surface area (Å²) in [7, 11) is 0. The van der Waals surface area contributed by atoms with E-state index in [9.17, 15) is 5.11 Å². The van der Waals surface area contributed by atoms with Crippen molar-refractivity contribution >= 4 is 46.4 Å². The molecule has 0 spiro atoms. The highest BCUT2D eigenvalue weighted by Crippen LogP contribution is 2.45. The zero-order valence-electron chi connectivity index (χ0n) is 6.67. The number of halogens is 4. The summed E-state index contributed by atoms with van der Waals surface area (Å²) in [5.74, 6) is -0.213.